The second kappa shape index (κ2) is 10.6. The Morgan fingerprint density at radius 2 is 1.73 bits per heavy atom. The molecule has 170 valence electrons. The smallest absolute Gasteiger partial charge is 0.332 e. The van der Waals surface area contributed by atoms with E-state index in [1.54, 1.807) is 42.1 Å². The van der Waals surface area contributed by atoms with E-state index in [0.717, 1.165) is 25.2 Å². The Balaban J connectivity index is 1.76. The number of nitrogen functional groups attached to an aromatic ring is 1. The van der Waals surface area contributed by atoms with Gasteiger partial charge in [0.15, 0.2) is 6.61 Å². The van der Waals surface area contributed by atoms with Crippen molar-refractivity contribution in [1.82, 2.24) is 9.13 Å². The molecule has 3 aromatic rings. The predicted octanol–water partition coefficient (Wildman–Crippen LogP) is 2.34. The molecule has 0 unspecified atom stereocenters. The first kappa shape index (κ1) is 23.8. The molecule has 2 aromatic carbocycles. The highest BCUT2D eigenvalue weighted by molar-refractivity contribution is 7.98. The fourth-order valence-electron chi connectivity index (χ4n) is 3.10. The number of Topliss-reactive ketones (excluding diaryl/α,β-unsaturated/α-hetero) is 1. The summed E-state index contributed by atoms with van der Waals surface area (Å²) in [6, 6.07) is 16.5. The van der Waals surface area contributed by atoms with Crippen molar-refractivity contribution in [3.8, 4) is 0 Å². The van der Waals surface area contributed by atoms with Crippen molar-refractivity contribution in [3.05, 3.63) is 98.2 Å². The molecule has 0 saturated heterocycles. The number of benzene rings is 2. The number of ether oxygens (including phenoxy) is 1. The molecule has 8 nitrogen and oxygen atoms in total. The minimum atomic E-state index is -0.840. The van der Waals surface area contributed by atoms with Crippen LogP contribution in [0.1, 0.15) is 21.5 Å². The van der Waals surface area contributed by atoms with Crippen LogP contribution in [0, 0.1) is 0 Å². The lowest BCUT2D eigenvalue weighted by Crippen LogP contribution is -2.43. The van der Waals surface area contributed by atoms with Crippen molar-refractivity contribution in [2.45, 2.75) is 11.4 Å². The first-order valence-electron chi connectivity index (χ1n) is 9.97. The Morgan fingerprint density at radius 3 is 2.36 bits per heavy atom. The molecular weight excluding hydrogens is 442 g/mol. The third kappa shape index (κ3) is 5.69. The molecule has 0 saturated carbocycles. The molecule has 0 fully saturated rings. The molecule has 2 N–H and O–H groups in total. The molecule has 0 atom stereocenters. The van der Waals surface area contributed by atoms with Crippen LogP contribution in [0.3, 0.4) is 0 Å². The Kier molecular flexibility index (Phi) is 7.68. The number of carbonyl (C=O) groups excluding carboxylic acids is 2. The van der Waals surface area contributed by atoms with Gasteiger partial charge in [0, 0.05) is 18.0 Å². The summed E-state index contributed by atoms with van der Waals surface area (Å²) in [5.41, 5.74) is 5.72. The summed E-state index contributed by atoms with van der Waals surface area (Å²) < 4.78 is 6.95. The van der Waals surface area contributed by atoms with Crippen LogP contribution in [0.15, 0.2) is 75.2 Å². The minimum absolute atomic E-state index is 0.0811. The summed E-state index contributed by atoms with van der Waals surface area (Å²) in [7, 11) is 1.26. The van der Waals surface area contributed by atoms with Gasteiger partial charge in [-0.1, -0.05) is 42.5 Å². The topological polar surface area (TPSA) is 113 Å². The van der Waals surface area contributed by atoms with Gasteiger partial charge in [0.25, 0.3) is 5.56 Å². The van der Waals surface area contributed by atoms with Crippen LogP contribution in [-0.2, 0) is 23.1 Å². The second-order valence-electron chi connectivity index (χ2n) is 7.12. The molecule has 3 rings (SSSR count). The van der Waals surface area contributed by atoms with Gasteiger partial charge in [-0.25, -0.2) is 9.59 Å². The standard InChI is InChI=1S/C24H23N3O5S/c1-26-23(30)21(22(25)27(24(26)31)14-17-6-4-3-5-7-17)19(28)15-32-20(29)13-10-16-8-11-18(33-2)12-9-16/h3-13H,14-15,25H2,1-2H3. The monoisotopic (exact) mass is 465 g/mol. The molecule has 0 aliphatic rings. The molecule has 0 aliphatic heterocycles. The Bertz CT molecular complexity index is 1310. The number of nitrogens with zero attached hydrogens (tertiary/aromatic N) is 2. The molecular formula is C24H23N3O5S. The van der Waals surface area contributed by atoms with E-state index < -0.39 is 35.2 Å². The number of esters is 1. The van der Waals surface area contributed by atoms with E-state index in [0.29, 0.717) is 0 Å². The molecule has 33 heavy (non-hydrogen) atoms. The zero-order valence-corrected chi connectivity index (χ0v) is 19.0. The molecule has 9 heteroatoms. The molecule has 0 spiro atoms. The average molecular weight is 466 g/mol. The van der Waals surface area contributed by atoms with Gasteiger partial charge in [-0.15, -0.1) is 11.8 Å². The zero-order chi connectivity index (χ0) is 24.0. The summed E-state index contributed by atoms with van der Waals surface area (Å²) in [4.78, 5) is 50.9. The van der Waals surface area contributed by atoms with Crippen LogP contribution in [0.25, 0.3) is 6.08 Å². The number of anilines is 1. The van der Waals surface area contributed by atoms with Crippen molar-refractivity contribution in [2.24, 2.45) is 7.05 Å². The lowest BCUT2D eigenvalue weighted by atomic mass is 10.2. The summed E-state index contributed by atoms with van der Waals surface area (Å²) in [5, 5.41) is 0. The second-order valence-corrected chi connectivity index (χ2v) is 8.00. The van der Waals surface area contributed by atoms with E-state index in [2.05, 4.69) is 0 Å². The SMILES string of the molecule is CSc1ccc(C=CC(=O)OCC(=O)c2c(N)n(Cc3ccccc3)c(=O)n(C)c2=O)cc1. The Hall–Kier alpha value is -3.85. The molecule has 0 aliphatic carbocycles. The number of ketones is 1. The van der Waals surface area contributed by atoms with Gasteiger partial charge in [0.2, 0.25) is 5.78 Å². The lowest BCUT2D eigenvalue weighted by molar-refractivity contribution is -0.136. The van der Waals surface area contributed by atoms with E-state index in [1.165, 1.54) is 13.1 Å². The van der Waals surface area contributed by atoms with Crippen LogP contribution < -0.4 is 17.0 Å². The van der Waals surface area contributed by atoms with E-state index in [9.17, 15) is 19.2 Å². The number of aromatic nitrogens is 2. The molecule has 0 radical (unpaired) electrons. The number of thioether (sulfide) groups is 1. The summed E-state index contributed by atoms with van der Waals surface area (Å²) in [5.74, 6) is -1.80. The van der Waals surface area contributed by atoms with Gasteiger partial charge >= 0.3 is 11.7 Å². The maximum absolute atomic E-state index is 12.7. The molecule has 0 amide bonds. The molecule has 0 bridgehead atoms. The fourth-order valence-corrected chi connectivity index (χ4v) is 3.51. The third-order valence-corrected chi connectivity index (χ3v) is 5.66. The highest BCUT2D eigenvalue weighted by Crippen LogP contribution is 2.15. The van der Waals surface area contributed by atoms with Crippen molar-refractivity contribution >= 4 is 35.4 Å². The zero-order valence-electron chi connectivity index (χ0n) is 18.2. The number of rotatable bonds is 8. The van der Waals surface area contributed by atoms with Gasteiger partial charge in [0.1, 0.15) is 11.4 Å². The van der Waals surface area contributed by atoms with E-state index in [1.807, 2.05) is 36.6 Å². The number of nitrogens with two attached hydrogens (primary N) is 1. The van der Waals surface area contributed by atoms with E-state index in [4.69, 9.17) is 10.5 Å². The van der Waals surface area contributed by atoms with E-state index >= 15 is 0 Å². The minimum Gasteiger partial charge on any atom is -0.454 e. The lowest BCUT2D eigenvalue weighted by Gasteiger charge is -2.14. The van der Waals surface area contributed by atoms with Gasteiger partial charge in [0.05, 0.1) is 6.54 Å². The Morgan fingerprint density at radius 1 is 1.06 bits per heavy atom. The van der Waals surface area contributed by atoms with Crippen molar-refractivity contribution in [3.63, 3.8) is 0 Å². The summed E-state index contributed by atoms with van der Waals surface area (Å²) in [6.07, 6.45) is 4.72. The Labute approximate surface area is 194 Å². The summed E-state index contributed by atoms with van der Waals surface area (Å²) >= 11 is 1.60. The average Bonchev–Trinajstić information content (AvgIpc) is 2.84. The normalized spacial score (nSPS) is 11.0. The first-order valence-corrected chi connectivity index (χ1v) is 11.2. The highest BCUT2D eigenvalue weighted by atomic mass is 32.2. The maximum atomic E-state index is 12.7. The number of hydrogen-bond donors (Lipinski definition) is 1. The highest BCUT2D eigenvalue weighted by Gasteiger charge is 2.22. The van der Waals surface area contributed by atoms with E-state index in [-0.39, 0.29) is 12.4 Å². The largest absolute Gasteiger partial charge is 0.454 e. The van der Waals surface area contributed by atoms with Gasteiger partial charge in [-0.3, -0.25) is 18.7 Å². The van der Waals surface area contributed by atoms with Crippen molar-refractivity contribution < 1.29 is 14.3 Å². The maximum Gasteiger partial charge on any atom is 0.332 e. The number of carbonyl (C=O) groups is 2. The predicted molar refractivity (Wildman–Crippen MR) is 128 cm³/mol. The van der Waals surface area contributed by atoms with Crippen LogP contribution in [0.2, 0.25) is 0 Å². The first-order chi connectivity index (χ1) is 15.8. The van der Waals surface area contributed by atoms with Gasteiger partial charge in [-0.2, -0.15) is 0 Å². The van der Waals surface area contributed by atoms with Crippen molar-refractivity contribution in [1.29, 1.82) is 0 Å². The van der Waals surface area contributed by atoms with Crippen LogP contribution in [0.4, 0.5) is 5.82 Å². The van der Waals surface area contributed by atoms with Gasteiger partial charge < -0.3 is 10.5 Å². The van der Waals surface area contributed by atoms with Gasteiger partial charge in [-0.05, 0) is 35.6 Å². The molecule has 1 heterocycles. The van der Waals surface area contributed by atoms with Crippen LogP contribution >= 0.6 is 11.8 Å². The van der Waals surface area contributed by atoms with Crippen molar-refractivity contribution in [2.75, 3.05) is 18.6 Å². The fraction of sp³-hybridized carbons (Fsp3) is 0.167. The quantitative estimate of drug-likeness (QED) is 0.235. The molecule has 1 aromatic heterocycles. The third-order valence-electron chi connectivity index (χ3n) is 4.92. The number of hydrogen-bond acceptors (Lipinski definition) is 7. The van der Waals surface area contributed by atoms with Crippen LogP contribution in [-0.4, -0.2) is 33.7 Å². The summed E-state index contributed by atoms with van der Waals surface area (Å²) in [6.45, 7) is -0.602. The van der Waals surface area contributed by atoms with Crippen LogP contribution in [0.5, 0.6) is 0 Å².